The molecule has 0 aliphatic heterocycles. The summed E-state index contributed by atoms with van der Waals surface area (Å²) in [5.41, 5.74) is 1.06. The van der Waals surface area contributed by atoms with Crippen LogP contribution < -0.4 is 5.32 Å². The van der Waals surface area contributed by atoms with Crippen molar-refractivity contribution in [3.63, 3.8) is 0 Å². The second-order valence-corrected chi connectivity index (χ2v) is 5.17. The zero-order chi connectivity index (χ0) is 10.7. The van der Waals surface area contributed by atoms with E-state index in [1.807, 2.05) is 18.2 Å². The summed E-state index contributed by atoms with van der Waals surface area (Å²) in [4.78, 5) is 4.54. The van der Waals surface area contributed by atoms with Crippen LogP contribution in [0.3, 0.4) is 0 Å². The van der Waals surface area contributed by atoms with E-state index in [9.17, 15) is 0 Å². The van der Waals surface area contributed by atoms with Gasteiger partial charge < -0.3 is 5.32 Å². The summed E-state index contributed by atoms with van der Waals surface area (Å²) in [5.74, 6) is 0. The van der Waals surface area contributed by atoms with Crippen molar-refractivity contribution >= 4 is 37.5 Å². The van der Waals surface area contributed by atoms with E-state index in [0.717, 1.165) is 28.1 Å². The summed E-state index contributed by atoms with van der Waals surface area (Å²) in [7, 11) is 0. The van der Waals surface area contributed by atoms with E-state index in [-0.39, 0.29) is 0 Å². The predicted octanol–water partition coefficient (Wildman–Crippen LogP) is 3.33. The molecule has 0 unspecified atom stereocenters. The summed E-state index contributed by atoms with van der Waals surface area (Å²) in [6.07, 6.45) is 1.85. The van der Waals surface area contributed by atoms with Gasteiger partial charge in [-0.3, -0.25) is 0 Å². The Morgan fingerprint density at radius 1 is 1.53 bits per heavy atom. The van der Waals surface area contributed by atoms with Crippen molar-refractivity contribution in [1.29, 1.82) is 0 Å². The molecule has 0 saturated carbocycles. The zero-order valence-corrected chi connectivity index (χ0v) is 10.6. The fourth-order valence-corrected chi connectivity index (χ4v) is 2.57. The van der Waals surface area contributed by atoms with Crippen molar-refractivity contribution in [2.45, 2.75) is 6.54 Å². The number of benzene rings is 1. The van der Waals surface area contributed by atoms with Crippen molar-refractivity contribution in [2.24, 2.45) is 0 Å². The predicted molar refractivity (Wildman–Crippen MR) is 69.2 cm³/mol. The molecular formula is C11H11BrN2S. The van der Waals surface area contributed by atoms with Crippen LogP contribution in [0.2, 0.25) is 0 Å². The van der Waals surface area contributed by atoms with Crippen LogP contribution in [0.5, 0.6) is 0 Å². The molecule has 1 aromatic heterocycles. The number of halogens is 1. The van der Waals surface area contributed by atoms with Crippen LogP contribution in [0, 0.1) is 0 Å². The molecule has 15 heavy (non-hydrogen) atoms. The van der Waals surface area contributed by atoms with Gasteiger partial charge >= 0.3 is 0 Å². The molecule has 1 N–H and O–H groups in total. The molecule has 1 heterocycles. The van der Waals surface area contributed by atoms with Crippen LogP contribution in [-0.2, 0) is 6.54 Å². The van der Waals surface area contributed by atoms with E-state index in [1.54, 1.807) is 11.3 Å². The van der Waals surface area contributed by atoms with Gasteiger partial charge in [-0.15, -0.1) is 17.9 Å². The number of rotatable bonds is 4. The third-order valence-corrected chi connectivity index (χ3v) is 3.49. The number of aromatic nitrogens is 1. The number of nitrogens with one attached hydrogen (secondary N) is 1. The molecule has 1 aromatic carbocycles. The number of thiazole rings is 1. The first-order chi connectivity index (χ1) is 7.29. The van der Waals surface area contributed by atoms with Crippen LogP contribution in [0.25, 0.3) is 10.2 Å². The van der Waals surface area contributed by atoms with Gasteiger partial charge in [0.05, 0.1) is 10.2 Å². The quantitative estimate of drug-likeness (QED) is 0.687. The topological polar surface area (TPSA) is 24.9 Å². The fraction of sp³-hybridized carbons (Fsp3) is 0.182. The fourth-order valence-electron chi connectivity index (χ4n) is 1.31. The van der Waals surface area contributed by atoms with Gasteiger partial charge in [0.1, 0.15) is 5.01 Å². The first kappa shape index (κ1) is 10.8. The van der Waals surface area contributed by atoms with Crippen molar-refractivity contribution in [3.8, 4) is 0 Å². The van der Waals surface area contributed by atoms with Gasteiger partial charge in [-0.05, 0) is 18.2 Å². The maximum Gasteiger partial charge on any atom is 0.108 e. The third-order valence-electron chi connectivity index (χ3n) is 1.96. The van der Waals surface area contributed by atoms with Crippen molar-refractivity contribution in [3.05, 3.63) is 40.3 Å². The number of hydrogen-bond acceptors (Lipinski definition) is 3. The molecule has 2 aromatic rings. The summed E-state index contributed by atoms with van der Waals surface area (Å²) < 4.78 is 2.31. The summed E-state index contributed by atoms with van der Waals surface area (Å²) in [6.45, 7) is 5.29. The lowest BCUT2D eigenvalue weighted by molar-refractivity contribution is 0.757. The van der Waals surface area contributed by atoms with Crippen molar-refractivity contribution in [2.75, 3.05) is 6.54 Å². The van der Waals surface area contributed by atoms with E-state index < -0.39 is 0 Å². The molecule has 0 aliphatic rings. The molecular weight excluding hydrogens is 272 g/mol. The number of nitrogens with zero attached hydrogens (tertiary/aromatic N) is 1. The first-order valence-electron chi connectivity index (χ1n) is 4.66. The molecule has 0 aliphatic carbocycles. The lowest BCUT2D eigenvalue weighted by Crippen LogP contribution is -2.11. The highest BCUT2D eigenvalue weighted by atomic mass is 79.9. The standard InChI is InChI=1S/C11H11BrN2S/c1-2-5-13-7-11-14-9-6-8(12)3-4-10(9)15-11/h2-4,6,13H,1,5,7H2. The highest BCUT2D eigenvalue weighted by Crippen LogP contribution is 2.24. The van der Waals surface area contributed by atoms with Crippen LogP contribution in [0.4, 0.5) is 0 Å². The van der Waals surface area contributed by atoms with Crippen LogP contribution in [0.15, 0.2) is 35.3 Å². The first-order valence-corrected chi connectivity index (χ1v) is 6.27. The average Bonchev–Trinajstić information content (AvgIpc) is 2.60. The van der Waals surface area contributed by atoms with E-state index in [4.69, 9.17) is 0 Å². The SMILES string of the molecule is C=CCNCc1nc2cc(Br)ccc2s1. The van der Waals surface area contributed by atoms with Gasteiger partial charge in [-0.1, -0.05) is 22.0 Å². The normalized spacial score (nSPS) is 10.7. The Balaban J connectivity index is 2.19. The number of hydrogen-bond donors (Lipinski definition) is 1. The Bertz CT molecular complexity index is 478. The Kier molecular flexibility index (Phi) is 3.51. The summed E-state index contributed by atoms with van der Waals surface area (Å²) >= 11 is 5.17. The maximum atomic E-state index is 4.54. The van der Waals surface area contributed by atoms with Gasteiger partial charge in [0.2, 0.25) is 0 Å². The second kappa shape index (κ2) is 4.88. The molecule has 2 nitrogen and oxygen atoms in total. The van der Waals surface area contributed by atoms with Gasteiger partial charge in [0.15, 0.2) is 0 Å². The smallest absolute Gasteiger partial charge is 0.108 e. The molecule has 0 bridgehead atoms. The van der Waals surface area contributed by atoms with E-state index >= 15 is 0 Å². The van der Waals surface area contributed by atoms with Crippen LogP contribution >= 0.6 is 27.3 Å². The minimum atomic E-state index is 0.809. The Hall–Kier alpha value is -0.710. The molecule has 0 radical (unpaired) electrons. The Labute approximate surface area is 101 Å². The van der Waals surface area contributed by atoms with E-state index in [0.29, 0.717) is 0 Å². The monoisotopic (exact) mass is 282 g/mol. The highest BCUT2D eigenvalue weighted by Gasteiger charge is 2.02. The second-order valence-electron chi connectivity index (χ2n) is 3.14. The third kappa shape index (κ3) is 2.65. The summed E-state index contributed by atoms with van der Waals surface area (Å²) in [5, 5.41) is 4.36. The summed E-state index contributed by atoms with van der Waals surface area (Å²) in [6, 6.07) is 6.18. The maximum absolute atomic E-state index is 4.54. The van der Waals surface area contributed by atoms with Gasteiger partial charge in [-0.25, -0.2) is 4.98 Å². The molecule has 0 atom stereocenters. The molecule has 2 rings (SSSR count). The molecule has 78 valence electrons. The largest absolute Gasteiger partial charge is 0.307 e. The Morgan fingerprint density at radius 2 is 2.40 bits per heavy atom. The van der Waals surface area contributed by atoms with Gasteiger partial charge in [-0.2, -0.15) is 0 Å². The van der Waals surface area contributed by atoms with E-state index in [1.165, 1.54) is 4.70 Å². The zero-order valence-electron chi connectivity index (χ0n) is 8.16. The lowest BCUT2D eigenvalue weighted by atomic mass is 10.3. The molecule has 4 heteroatoms. The molecule has 0 saturated heterocycles. The van der Waals surface area contributed by atoms with Gasteiger partial charge in [0, 0.05) is 17.6 Å². The molecule has 0 fully saturated rings. The van der Waals surface area contributed by atoms with Crippen molar-refractivity contribution < 1.29 is 0 Å². The minimum Gasteiger partial charge on any atom is -0.307 e. The van der Waals surface area contributed by atoms with Gasteiger partial charge in [0.25, 0.3) is 0 Å². The number of fused-ring (bicyclic) bond motifs is 1. The van der Waals surface area contributed by atoms with Crippen molar-refractivity contribution in [1.82, 2.24) is 10.3 Å². The average molecular weight is 283 g/mol. The van der Waals surface area contributed by atoms with E-state index in [2.05, 4.69) is 38.9 Å². The molecule has 0 amide bonds. The Morgan fingerprint density at radius 3 is 3.20 bits per heavy atom. The molecule has 0 spiro atoms. The lowest BCUT2D eigenvalue weighted by Gasteiger charge is -1.94. The van der Waals surface area contributed by atoms with Crippen LogP contribution in [-0.4, -0.2) is 11.5 Å². The van der Waals surface area contributed by atoms with Crippen LogP contribution in [0.1, 0.15) is 5.01 Å². The highest BCUT2D eigenvalue weighted by molar-refractivity contribution is 9.10. The minimum absolute atomic E-state index is 0.809.